The number of aromatic nitrogens is 3. The molecule has 2 aromatic rings. The van der Waals surface area contributed by atoms with Gasteiger partial charge in [-0.05, 0) is 19.1 Å². The molecule has 0 saturated heterocycles. The first-order valence-corrected chi connectivity index (χ1v) is 4.35. The maximum absolute atomic E-state index is 4.29. The quantitative estimate of drug-likeness (QED) is 0.679. The van der Waals surface area contributed by atoms with Crippen LogP contribution in [0.3, 0.4) is 0 Å². The van der Waals surface area contributed by atoms with Gasteiger partial charge >= 0.3 is 0 Å². The maximum atomic E-state index is 4.29. The molecule has 0 aliphatic carbocycles. The summed E-state index contributed by atoms with van der Waals surface area (Å²) >= 11 is 0. The van der Waals surface area contributed by atoms with Crippen LogP contribution in [-0.4, -0.2) is 14.3 Å². The molecule has 0 aliphatic heterocycles. The predicted octanol–water partition coefficient (Wildman–Crippen LogP) is 1.58. The van der Waals surface area contributed by atoms with Crippen molar-refractivity contribution in [3.05, 3.63) is 42.0 Å². The van der Waals surface area contributed by atoms with Gasteiger partial charge < -0.3 is 4.57 Å². The van der Waals surface area contributed by atoms with Crippen molar-refractivity contribution >= 4 is 0 Å². The average molecular weight is 175 g/mol. The van der Waals surface area contributed by atoms with E-state index in [9.17, 15) is 0 Å². The highest BCUT2D eigenvalue weighted by atomic mass is 15.3. The maximum Gasteiger partial charge on any atom is 0.0643 e. The number of nitrogens with zero attached hydrogens (tertiary/aromatic N) is 3. The summed E-state index contributed by atoms with van der Waals surface area (Å²) in [5, 5.41) is 4.29. The van der Waals surface area contributed by atoms with Crippen molar-refractivity contribution in [2.24, 2.45) is 7.05 Å². The fraction of sp³-hybridized carbons (Fsp3) is 0.300. The molecule has 2 heterocycles. The van der Waals surface area contributed by atoms with E-state index in [4.69, 9.17) is 0 Å². The minimum atomic E-state index is 0.909. The molecule has 0 aliphatic rings. The van der Waals surface area contributed by atoms with Gasteiger partial charge in [0.2, 0.25) is 0 Å². The van der Waals surface area contributed by atoms with Crippen molar-refractivity contribution in [1.29, 1.82) is 0 Å². The molecular weight excluding hydrogens is 162 g/mol. The SMILES string of the molecule is Cc1nn(C)cc1Cn1cccc1. The Bertz CT molecular complexity index is 384. The Morgan fingerprint density at radius 1 is 1.31 bits per heavy atom. The summed E-state index contributed by atoms with van der Waals surface area (Å²) < 4.78 is 4.00. The molecule has 3 heteroatoms. The summed E-state index contributed by atoms with van der Waals surface area (Å²) in [5.74, 6) is 0. The van der Waals surface area contributed by atoms with Gasteiger partial charge in [0.25, 0.3) is 0 Å². The van der Waals surface area contributed by atoms with Crippen LogP contribution in [0.1, 0.15) is 11.3 Å². The number of aryl methyl sites for hydroxylation is 2. The van der Waals surface area contributed by atoms with E-state index < -0.39 is 0 Å². The standard InChI is InChI=1S/C10H13N3/c1-9-10(7-12(2)11-9)8-13-5-3-4-6-13/h3-7H,8H2,1-2H3. The molecule has 2 aromatic heterocycles. The van der Waals surface area contributed by atoms with Gasteiger partial charge in [-0.3, -0.25) is 4.68 Å². The molecule has 0 unspecified atom stereocenters. The van der Waals surface area contributed by atoms with E-state index in [1.807, 2.05) is 30.8 Å². The Hall–Kier alpha value is -1.51. The molecule has 13 heavy (non-hydrogen) atoms. The molecule has 0 spiro atoms. The van der Waals surface area contributed by atoms with E-state index in [2.05, 4.69) is 28.3 Å². The third-order valence-electron chi connectivity index (χ3n) is 2.13. The summed E-state index contributed by atoms with van der Waals surface area (Å²) in [6.45, 7) is 2.95. The third-order valence-corrected chi connectivity index (χ3v) is 2.13. The summed E-state index contributed by atoms with van der Waals surface area (Å²) in [6, 6.07) is 4.07. The third kappa shape index (κ3) is 1.64. The number of hydrogen-bond donors (Lipinski definition) is 0. The van der Waals surface area contributed by atoms with Crippen LogP contribution >= 0.6 is 0 Å². The molecule has 0 radical (unpaired) electrons. The molecule has 0 bridgehead atoms. The molecule has 0 amide bonds. The molecule has 68 valence electrons. The van der Waals surface area contributed by atoms with Crippen LogP contribution in [0.2, 0.25) is 0 Å². The molecule has 0 saturated carbocycles. The normalized spacial score (nSPS) is 10.6. The van der Waals surface area contributed by atoms with Gasteiger partial charge in [-0.1, -0.05) is 0 Å². The smallest absolute Gasteiger partial charge is 0.0643 e. The summed E-state index contributed by atoms with van der Waals surface area (Å²) in [6.07, 6.45) is 6.19. The lowest BCUT2D eigenvalue weighted by molar-refractivity contribution is 0.755. The van der Waals surface area contributed by atoms with Crippen LogP contribution in [0.25, 0.3) is 0 Å². The second-order valence-corrected chi connectivity index (χ2v) is 3.27. The van der Waals surface area contributed by atoms with Gasteiger partial charge in [-0.15, -0.1) is 0 Å². The molecular formula is C10H13N3. The Morgan fingerprint density at radius 2 is 2.00 bits per heavy atom. The Labute approximate surface area is 77.6 Å². The van der Waals surface area contributed by atoms with Gasteiger partial charge in [-0.2, -0.15) is 5.10 Å². The Kier molecular flexibility index (Phi) is 1.93. The summed E-state index contributed by atoms with van der Waals surface area (Å²) in [4.78, 5) is 0. The molecule has 0 fully saturated rings. The van der Waals surface area contributed by atoms with Gasteiger partial charge in [0.05, 0.1) is 12.2 Å². The van der Waals surface area contributed by atoms with E-state index in [-0.39, 0.29) is 0 Å². The summed E-state index contributed by atoms with van der Waals surface area (Å²) in [5.41, 5.74) is 2.38. The first-order chi connectivity index (χ1) is 6.25. The van der Waals surface area contributed by atoms with Crippen molar-refractivity contribution in [3.63, 3.8) is 0 Å². The second-order valence-electron chi connectivity index (χ2n) is 3.27. The number of hydrogen-bond acceptors (Lipinski definition) is 1. The van der Waals surface area contributed by atoms with E-state index in [0.29, 0.717) is 0 Å². The van der Waals surface area contributed by atoms with Gasteiger partial charge in [0.1, 0.15) is 0 Å². The van der Waals surface area contributed by atoms with Crippen LogP contribution in [-0.2, 0) is 13.6 Å². The fourth-order valence-electron chi connectivity index (χ4n) is 1.48. The van der Waals surface area contributed by atoms with Gasteiger partial charge in [-0.25, -0.2) is 0 Å². The highest BCUT2D eigenvalue weighted by Gasteiger charge is 2.02. The van der Waals surface area contributed by atoms with Crippen molar-refractivity contribution in [2.75, 3.05) is 0 Å². The lowest BCUT2D eigenvalue weighted by Crippen LogP contribution is -1.96. The predicted molar refractivity (Wildman–Crippen MR) is 51.5 cm³/mol. The van der Waals surface area contributed by atoms with Crippen LogP contribution in [0.5, 0.6) is 0 Å². The van der Waals surface area contributed by atoms with Crippen molar-refractivity contribution in [2.45, 2.75) is 13.5 Å². The average Bonchev–Trinajstić information content (AvgIpc) is 2.63. The van der Waals surface area contributed by atoms with Crippen LogP contribution in [0.15, 0.2) is 30.7 Å². The van der Waals surface area contributed by atoms with E-state index >= 15 is 0 Å². The highest BCUT2D eigenvalue weighted by Crippen LogP contribution is 2.06. The van der Waals surface area contributed by atoms with Gasteiger partial charge in [0, 0.05) is 31.2 Å². The topological polar surface area (TPSA) is 22.8 Å². The van der Waals surface area contributed by atoms with Crippen molar-refractivity contribution < 1.29 is 0 Å². The minimum absolute atomic E-state index is 0.909. The summed E-state index contributed by atoms with van der Waals surface area (Å²) in [7, 11) is 1.95. The first-order valence-electron chi connectivity index (χ1n) is 4.35. The zero-order valence-corrected chi connectivity index (χ0v) is 7.94. The molecule has 3 nitrogen and oxygen atoms in total. The highest BCUT2D eigenvalue weighted by molar-refractivity contribution is 5.16. The Balaban J connectivity index is 2.23. The van der Waals surface area contributed by atoms with Gasteiger partial charge in [0.15, 0.2) is 0 Å². The van der Waals surface area contributed by atoms with Crippen molar-refractivity contribution in [3.8, 4) is 0 Å². The van der Waals surface area contributed by atoms with Crippen LogP contribution in [0.4, 0.5) is 0 Å². The van der Waals surface area contributed by atoms with Crippen LogP contribution < -0.4 is 0 Å². The van der Waals surface area contributed by atoms with E-state index in [1.54, 1.807) is 0 Å². The monoisotopic (exact) mass is 175 g/mol. The lowest BCUT2D eigenvalue weighted by atomic mass is 10.2. The van der Waals surface area contributed by atoms with E-state index in [1.165, 1.54) is 5.56 Å². The molecule has 0 N–H and O–H groups in total. The van der Waals surface area contributed by atoms with Crippen molar-refractivity contribution in [1.82, 2.24) is 14.3 Å². The molecule has 0 aromatic carbocycles. The van der Waals surface area contributed by atoms with E-state index in [0.717, 1.165) is 12.2 Å². The molecule has 2 rings (SSSR count). The largest absolute Gasteiger partial charge is 0.350 e. The second kappa shape index (κ2) is 3.09. The minimum Gasteiger partial charge on any atom is -0.350 e. The van der Waals surface area contributed by atoms with Crippen LogP contribution in [0, 0.1) is 6.92 Å². The zero-order valence-electron chi connectivity index (χ0n) is 7.94. The zero-order chi connectivity index (χ0) is 9.26. The number of rotatable bonds is 2. The Morgan fingerprint density at radius 3 is 2.54 bits per heavy atom. The molecule has 0 atom stereocenters. The first kappa shape index (κ1) is 8.10. The lowest BCUT2D eigenvalue weighted by Gasteiger charge is -1.99. The fourth-order valence-corrected chi connectivity index (χ4v) is 1.48.